The van der Waals surface area contributed by atoms with E-state index in [9.17, 15) is 4.79 Å². The number of carbonyl (C=O) groups is 1. The van der Waals surface area contributed by atoms with Gasteiger partial charge in [0.15, 0.2) is 0 Å². The maximum absolute atomic E-state index is 11.7. The molecule has 19 heavy (non-hydrogen) atoms. The number of ether oxygens (including phenoxy) is 1. The van der Waals surface area contributed by atoms with E-state index in [4.69, 9.17) is 22.1 Å². The third-order valence-corrected chi connectivity index (χ3v) is 3.18. The number of methoxy groups -OCH3 is 1. The zero-order valence-electron chi connectivity index (χ0n) is 10.5. The van der Waals surface area contributed by atoms with Crippen LogP contribution in [0.1, 0.15) is 27.5 Å². The number of hydrogen-bond acceptors (Lipinski definition) is 3. The van der Waals surface area contributed by atoms with Gasteiger partial charge in [0.25, 0.3) is 0 Å². The van der Waals surface area contributed by atoms with Gasteiger partial charge < -0.3 is 10.5 Å². The molecular weight excluding hydrogens is 262 g/mol. The van der Waals surface area contributed by atoms with Crippen molar-refractivity contribution in [2.24, 2.45) is 5.73 Å². The molecule has 0 spiro atoms. The number of halogens is 1. The molecule has 0 aliphatic heterocycles. The molecular formula is C15H14ClNO2. The molecule has 3 nitrogen and oxygen atoms in total. The molecule has 1 atom stereocenters. The summed E-state index contributed by atoms with van der Waals surface area (Å²) in [4.78, 5) is 11.7. The van der Waals surface area contributed by atoms with Gasteiger partial charge in [-0.1, -0.05) is 41.9 Å². The summed E-state index contributed by atoms with van der Waals surface area (Å²) in [5, 5.41) is 0.650. The number of hydrogen-bond donors (Lipinski definition) is 1. The molecule has 0 aliphatic rings. The van der Waals surface area contributed by atoms with Gasteiger partial charge in [-0.2, -0.15) is 0 Å². The van der Waals surface area contributed by atoms with Gasteiger partial charge in [0.1, 0.15) is 0 Å². The van der Waals surface area contributed by atoms with Gasteiger partial charge >= 0.3 is 5.97 Å². The summed E-state index contributed by atoms with van der Waals surface area (Å²) in [5.74, 6) is -0.389. The van der Waals surface area contributed by atoms with Crippen LogP contribution in [0.15, 0.2) is 48.5 Å². The molecule has 2 N–H and O–H groups in total. The minimum Gasteiger partial charge on any atom is -0.465 e. The molecule has 98 valence electrons. The minimum absolute atomic E-state index is 0.389. The summed E-state index contributed by atoms with van der Waals surface area (Å²) in [5.41, 5.74) is 8.31. The molecule has 0 unspecified atom stereocenters. The van der Waals surface area contributed by atoms with Gasteiger partial charge in [-0.3, -0.25) is 0 Å². The van der Waals surface area contributed by atoms with Crippen molar-refractivity contribution in [2.75, 3.05) is 7.11 Å². The van der Waals surface area contributed by atoms with E-state index < -0.39 is 6.04 Å². The maximum atomic E-state index is 11.7. The van der Waals surface area contributed by atoms with E-state index >= 15 is 0 Å². The Balaban J connectivity index is 2.41. The van der Waals surface area contributed by atoms with Crippen LogP contribution in [0.25, 0.3) is 0 Å². The highest BCUT2D eigenvalue weighted by Crippen LogP contribution is 2.24. The molecule has 0 amide bonds. The zero-order valence-corrected chi connectivity index (χ0v) is 11.2. The van der Waals surface area contributed by atoms with Crippen LogP contribution in [-0.4, -0.2) is 13.1 Å². The lowest BCUT2D eigenvalue weighted by atomic mass is 9.95. The summed E-state index contributed by atoms with van der Waals surface area (Å²) in [6.45, 7) is 0. The largest absolute Gasteiger partial charge is 0.465 e. The quantitative estimate of drug-likeness (QED) is 0.876. The highest BCUT2D eigenvalue weighted by atomic mass is 35.5. The van der Waals surface area contributed by atoms with E-state index in [1.807, 2.05) is 24.3 Å². The van der Waals surface area contributed by atoms with Crippen LogP contribution in [0.4, 0.5) is 0 Å². The second-order valence-corrected chi connectivity index (χ2v) is 4.54. The third-order valence-electron chi connectivity index (χ3n) is 2.93. The number of nitrogens with two attached hydrogens (primary N) is 1. The minimum atomic E-state index is -0.396. The Morgan fingerprint density at radius 3 is 2.42 bits per heavy atom. The Bertz CT molecular complexity index is 581. The lowest BCUT2D eigenvalue weighted by Gasteiger charge is -2.15. The first-order valence-corrected chi connectivity index (χ1v) is 6.19. The molecule has 2 aromatic rings. The van der Waals surface area contributed by atoms with Gasteiger partial charge in [-0.05, 0) is 29.3 Å². The first kappa shape index (κ1) is 13.6. The molecule has 0 fully saturated rings. The van der Waals surface area contributed by atoms with Crippen LogP contribution in [0.5, 0.6) is 0 Å². The summed E-state index contributed by atoms with van der Waals surface area (Å²) in [6, 6.07) is 14.0. The van der Waals surface area contributed by atoms with Crippen LogP contribution in [0.2, 0.25) is 5.02 Å². The first-order chi connectivity index (χ1) is 9.13. The molecule has 4 heteroatoms. The first-order valence-electron chi connectivity index (χ1n) is 5.81. The molecule has 0 aliphatic carbocycles. The SMILES string of the molecule is COC(=O)c1ccccc1[C@H](N)c1ccc(Cl)cc1. The Morgan fingerprint density at radius 1 is 1.16 bits per heavy atom. The lowest BCUT2D eigenvalue weighted by molar-refractivity contribution is 0.0599. The maximum Gasteiger partial charge on any atom is 0.338 e. The predicted molar refractivity (Wildman–Crippen MR) is 75.3 cm³/mol. The zero-order chi connectivity index (χ0) is 13.8. The average Bonchev–Trinajstić information content (AvgIpc) is 2.46. The molecule has 2 rings (SSSR count). The number of esters is 1. The lowest BCUT2D eigenvalue weighted by Crippen LogP contribution is -2.16. The predicted octanol–water partition coefficient (Wildman–Crippen LogP) is 3.17. The fourth-order valence-electron chi connectivity index (χ4n) is 1.91. The number of rotatable bonds is 3. The standard InChI is InChI=1S/C15H14ClNO2/c1-19-15(18)13-5-3-2-4-12(13)14(17)10-6-8-11(16)9-7-10/h2-9,14H,17H2,1H3/t14-/m1/s1. The topological polar surface area (TPSA) is 52.3 Å². The van der Waals surface area contributed by atoms with Crippen LogP contribution >= 0.6 is 11.6 Å². The normalized spacial score (nSPS) is 11.9. The van der Waals surface area contributed by atoms with Gasteiger partial charge in [-0.25, -0.2) is 4.79 Å². The molecule has 2 aromatic carbocycles. The van der Waals surface area contributed by atoms with Crippen molar-refractivity contribution in [2.45, 2.75) is 6.04 Å². The molecule has 0 radical (unpaired) electrons. The van der Waals surface area contributed by atoms with Crippen molar-refractivity contribution in [3.05, 3.63) is 70.2 Å². The Kier molecular flexibility index (Phi) is 4.20. The van der Waals surface area contributed by atoms with Crippen molar-refractivity contribution in [3.63, 3.8) is 0 Å². The van der Waals surface area contributed by atoms with Gasteiger partial charge in [0.05, 0.1) is 18.7 Å². The van der Waals surface area contributed by atoms with Crippen LogP contribution in [0, 0.1) is 0 Å². The second kappa shape index (κ2) is 5.87. The molecule has 0 saturated heterocycles. The van der Waals surface area contributed by atoms with E-state index in [1.165, 1.54) is 7.11 Å². The van der Waals surface area contributed by atoms with Crippen LogP contribution in [-0.2, 0) is 4.74 Å². The fourth-order valence-corrected chi connectivity index (χ4v) is 2.04. The molecule has 0 aromatic heterocycles. The average molecular weight is 276 g/mol. The Hall–Kier alpha value is -1.84. The van der Waals surface area contributed by atoms with Crippen LogP contribution in [0.3, 0.4) is 0 Å². The Morgan fingerprint density at radius 2 is 1.79 bits per heavy atom. The van der Waals surface area contributed by atoms with Gasteiger partial charge in [0, 0.05) is 5.02 Å². The third kappa shape index (κ3) is 2.95. The summed E-state index contributed by atoms with van der Waals surface area (Å²) >= 11 is 5.85. The fraction of sp³-hybridized carbons (Fsp3) is 0.133. The highest BCUT2D eigenvalue weighted by Gasteiger charge is 2.17. The van der Waals surface area contributed by atoms with Gasteiger partial charge in [-0.15, -0.1) is 0 Å². The summed E-state index contributed by atoms with van der Waals surface area (Å²) < 4.78 is 4.77. The number of carbonyl (C=O) groups excluding carboxylic acids is 1. The van der Waals surface area contributed by atoms with Crippen LogP contribution < -0.4 is 5.73 Å². The summed E-state index contributed by atoms with van der Waals surface area (Å²) in [6.07, 6.45) is 0. The Labute approximate surface area is 117 Å². The van der Waals surface area contributed by atoms with E-state index in [0.717, 1.165) is 11.1 Å². The molecule has 0 saturated carbocycles. The highest BCUT2D eigenvalue weighted by molar-refractivity contribution is 6.30. The van der Waals surface area contributed by atoms with E-state index in [2.05, 4.69) is 0 Å². The van der Waals surface area contributed by atoms with Crippen molar-refractivity contribution in [3.8, 4) is 0 Å². The van der Waals surface area contributed by atoms with Crippen molar-refractivity contribution in [1.82, 2.24) is 0 Å². The number of benzene rings is 2. The summed E-state index contributed by atoms with van der Waals surface area (Å²) in [7, 11) is 1.35. The monoisotopic (exact) mass is 275 g/mol. The van der Waals surface area contributed by atoms with Gasteiger partial charge in [0.2, 0.25) is 0 Å². The molecule has 0 bridgehead atoms. The molecule has 0 heterocycles. The van der Waals surface area contributed by atoms with Crippen molar-refractivity contribution < 1.29 is 9.53 Å². The van der Waals surface area contributed by atoms with Crippen molar-refractivity contribution >= 4 is 17.6 Å². The van der Waals surface area contributed by atoms with E-state index in [1.54, 1.807) is 24.3 Å². The van der Waals surface area contributed by atoms with E-state index in [0.29, 0.717) is 10.6 Å². The second-order valence-electron chi connectivity index (χ2n) is 4.11. The van der Waals surface area contributed by atoms with Crippen molar-refractivity contribution in [1.29, 1.82) is 0 Å². The van der Waals surface area contributed by atoms with E-state index in [-0.39, 0.29) is 5.97 Å². The smallest absolute Gasteiger partial charge is 0.338 e.